The van der Waals surface area contributed by atoms with E-state index in [-0.39, 0.29) is 10.7 Å². The van der Waals surface area contributed by atoms with E-state index < -0.39 is 5.91 Å². The van der Waals surface area contributed by atoms with Gasteiger partial charge in [-0.15, -0.1) is 0 Å². The van der Waals surface area contributed by atoms with E-state index in [9.17, 15) is 4.79 Å². The van der Waals surface area contributed by atoms with E-state index in [4.69, 9.17) is 28.9 Å². The predicted octanol–water partition coefficient (Wildman–Crippen LogP) is 3.32. The Morgan fingerprint density at radius 3 is 2.68 bits per heavy atom. The lowest BCUT2D eigenvalue weighted by Gasteiger charge is -2.10. The van der Waals surface area contributed by atoms with Crippen molar-refractivity contribution in [1.29, 1.82) is 0 Å². The summed E-state index contributed by atoms with van der Waals surface area (Å²) in [6.45, 7) is 0. The van der Waals surface area contributed by atoms with Gasteiger partial charge in [-0.2, -0.15) is 5.10 Å². The molecule has 0 fully saturated rings. The van der Waals surface area contributed by atoms with Gasteiger partial charge < -0.3 is 11.1 Å². The molecule has 100 valence electrons. The summed E-state index contributed by atoms with van der Waals surface area (Å²) < 4.78 is 2.04. The molecule has 19 heavy (non-hydrogen) atoms. The molecule has 5 nitrogen and oxygen atoms in total. The van der Waals surface area contributed by atoms with Gasteiger partial charge in [0.15, 0.2) is 0 Å². The molecule has 0 aliphatic carbocycles. The summed E-state index contributed by atoms with van der Waals surface area (Å²) in [4.78, 5) is 12.1. The van der Waals surface area contributed by atoms with Gasteiger partial charge in [0, 0.05) is 11.5 Å². The molecule has 8 heteroatoms. The second-order valence-electron chi connectivity index (χ2n) is 3.75. The SMILES string of the molecule is Cn1ncc(N)c1C(=O)Nc1ccc(Br)c(Cl)c1Cl. The van der Waals surface area contributed by atoms with Gasteiger partial charge in [0.05, 0.1) is 27.6 Å². The molecule has 0 radical (unpaired) electrons. The quantitative estimate of drug-likeness (QED) is 0.804. The van der Waals surface area contributed by atoms with Gasteiger partial charge >= 0.3 is 0 Å². The first kappa shape index (κ1) is 14.2. The van der Waals surface area contributed by atoms with Crippen molar-refractivity contribution in [3.05, 3.63) is 38.5 Å². The van der Waals surface area contributed by atoms with Crippen LogP contribution in [0.3, 0.4) is 0 Å². The number of amides is 1. The van der Waals surface area contributed by atoms with Crippen LogP contribution in [0.5, 0.6) is 0 Å². The van der Waals surface area contributed by atoms with Crippen molar-refractivity contribution < 1.29 is 4.79 Å². The van der Waals surface area contributed by atoms with Crippen molar-refractivity contribution in [2.45, 2.75) is 0 Å². The average molecular weight is 364 g/mol. The maximum absolute atomic E-state index is 12.1. The lowest BCUT2D eigenvalue weighted by molar-refractivity contribution is 0.101. The number of aromatic nitrogens is 2. The molecule has 0 unspecified atom stereocenters. The highest BCUT2D eigenvalue weighted by Gasteiger charge is 2.17. The molecule has 0 saturated heterocycles. The van der Waals surface area contributed by atoms with Crippen LogP contribution in [-0.4, -0.2) is 15.7 Å². The Morgan fingerprint density at radius 2 is 2.11 bits per heavy atom. The fourth-order valence-corrected chi connectivity index (χ4v) is 2.36. The summed E-state index contributed by atoms with van der Waals surface area (Å²) in [5.41, 5.74) is 6.63. The van der Waals surface area contributed by atoms with Crippen LogP contribution >= 0.6 is 39.1 Å². The van der Waals surface area contributed by atoms with Crippen LogP contribution in [0.15, 0.2) is 22.8 Å². The zero-order valence-electron chi connectivity index (χ0n) is 9.75. The van der Waals surface area contributed by atoms with E-state index in [1.165, 1.54) is 10.9 Å². The molecule has 0 saturated carbocycles. The zero-order chi connectivity index (χ0) is 14.2. The van der Waals surface area contributed by atoms with Crippen LogP contribution in [-0.2, 0) is 7.05 Å². The van der Waals surface area contributed by atoms with Crippen LogP contribution < -0.4 is 11.1 Å². The number of nitrogens with one attached hydrogen (secondary N) is 1. The first-order valence-electron chi connectivity index (χ1n) is 5.14. The van der Waals surface area contributed by atoms with E-state index in [0.717, 1.165) is 0 Å². The molecule has 1 aromatic heterocycles. The van der Waals surface area contributed by atoms with Gasteiger partial charge in [-0.1, -0.05) is 23.2 Å². The first-order chi connectivity index (χ1) is 8.91. The standard InChI is InChI=1S/C11H9BrCl2N4O/c1-18-10(6(15)4-16-18)11(19)17-7-3-2-5(12)8(13)9(7)14/h2-4H,15H2,1H3,(H,17,19). The number of nitrogens with zero attached hydrogens (tertiary/aromatic N) is 2. The second-order valence-corrected chi connectivity index (χ2v) is 5.36. The fraction of sp³-hybridized carbons (Fsp3) is 0.0909. The highest BCUT2D eigenvalue weighted by Crippen LogP contribution is 2.36. The number of nitrogen functional groups attached to an aromatic ring is 1. The number of hydrogen-bond acceptors (Lipinski definition) is 3. The number of rotatable bonds is 2. The van der Waals surface area contributed by atoms with E-state index in [2.05, 4.69) is 26.3 Å². The third kappa shape index (κ3) is 2.70. The van der Waals surface area contributed by atoms with E-state index in [0.29, 0.717) is 20.9 Å². The summed E-state index contributed by atoms with van der Waals surface area (Å²) in [6.07, 6.45) is 1.41. The second kappa shape index (κ2) is 5.40. The molecule has 0 aliphatic rings. The van der Waals surface area contributed by atoms with Gasteiger partial charge in [-0.05, 0) is 28.1 Å². The molecule has 0 aliphatic heterocycles. The monoisotopic (exact) mass is 362 g/mol. The van der Waals surface area contributed by atoms with Crippen LogP contribution in [0.4, 0.5) is 11.4 Å². The highest BCUT2D eigenvalue weighted by atomic mass is 79.9. The molecule has 1 heterocycles. The smallest absolute Gasteiger partial charge is 0.276 e. The van der Waals surface area contributed by atoms with Gasteiger partial charge in [0.2, 0.25) is 0 Å². The molecule has 3 N–H and O–H groups in total. The molecule has 0 atom stereocenters. The Bertz CT molecular complexity index is 637. The Morgan fingerprint density at radius 1 is 1.42 bits per heavy atom. The number of benzene rings is 1. The number of hydrogen-bond donors (Lipinski definition) is 2. The molecule has 1 aromatic carbocycles. The molecule has 0 spiro atoms. The number of aryl methyl sites for hydroxylation is 1. The summed E-state index contributed by atoms with van der Waals surface area (Å²) in [5.74, 6) is -0.405. The average Bonchev–Trinajstić information content (AvgIpc) is 2.70. The van der Waals surface area contributed by atoms with Crippen molar-refractivity contribution in [2.24, 2.45) is 7.05 Å². The van der Waals surface area contributed by atoms with Crippen LogP contribution in [0, 0.1) is 0 Å². The highest BCUT2D eigenvalue weighted by molar-refractivity contribution is 9.10. The van der Waals surface area contributed by atoms with Crippen molar-refractivity contribution in [3.8, 4) is 0 Å². The minimum Gasteiger partial charge on any atom is -0.396 e. The third-order valence-corrected chi connectivity index (χ3v) is 4.24. The van der Waals surface area contributed by atoms with Crippen LogP contribution in [0.25, 0.3) is 0 Å². The van der Waals surface area contributed by atoms with Crippen LogP contribution in [0.1, 0.15) is 10.5 Å². The minimum absolute atomic E-state index is 0.255. The molecule has 2 aromatic rings. The van der Waals surface area contributed by atoms with Gasteiger partial charge in [0.1, 0.15) is 5.69 Å². The lowest BCUT2D eigenvalue weighted by atomic mass is 10.3. The maximum atomic E-state index is 12.1. The predicted molar refractivity (Wildman–Crippen MR) is 79.7 cm³/mol. The Kier molecular flexibility index (Phi) is 4.03. The lowest BCUT2D eigenvalue weighted by Crippen LogP contribution is -2.17. The number of carbonyl (C=O) groups is 1. The largest absolute Gasteiger partial charge is 0.396 e. The summed E-state index contributed by atoms with van der Waals surface area (Å²) >= 11 is 15.3. The van der Waals surface area contributed by atoms with Gasteiger partial charge in [-0.25, -0.2) is 0 Å². The Labute approximate surface area is 127 Å². The van der Waals surface area contributed by atoms with Crippen molar-refractivity contribution in [2.75, 3.05) is 11.1 Å². The Balaban J connectivity index is 2.32. The van der Waals surface area contributed by atoms with E-state index in [1.807, 2.05) is 0 Å². The van der Waals surface area contributed by atoms with Crippen LogP contribution in [0.2, 0.25) is 10.0 Å². The molecule has 1 amide bonds. The Hall–Kier alpha value is -1.24. The third-order valence-electron chi connectivity index (χ3n) is 2.47. The normalized spacial score (nSPS) is 10.5. The molecular formula is C11H9BrCl2N4O. The first-order valence-corrected chi connectivity index (χ1v) is 6.69. The van der Waals surface area contributed by atoms with Gasteiger partial charge in [0.25, 0.3) is 5.91 Å². The van der Waals surface area contributed by atoms with Crippen molar-refractivity contribution >= 4 is 56.4 Å². The molecule has 0 bridgehead atoms. The fourth-order valence-electron chi connectivity index (χ4n) is 1.54. The topological polar surface area (TPSA) is 72.9 Å². The molecular weight excluding hydrogens is 355 g/mol. The number of anilines is 2. The maximum Gasteiger partial charge on any atom is 0.276 e. The van der Waals surface area contributed by atoms with Crippen molar-refractivity contribution in [1.82, 2.24) is 9.78 Å². The van der Waals surface area contributed by atoms with Crippen molar-refractivity contribution in [3.63, 3.8) is 0 Å². The van der Waals surface area contributed by atoms with E-state index >= 15 is 0 Å². The minimum atomic E-state index is -0.405. The number of carbonyl (C=O) groups excluding carboxylic acids is 1. The number of halogens is 3. The summed E-state index contributed by atoms with van der Waals surface area (Å²) in [6, 6.07) is 3.33. The summed E-state index contributed by atoms with van der Waals surface area (Å²) in [5, 5.41) is 7.13. The van der Waals surface area contributed by atoms with E-state index in [1.54, 1.807) is 19.2 Å². The molecule has 2 rings (SSSR count). The van der Waals surface area contributed by atoms with Gasteiger partial charge in [-0.3, -0.25) is 9.48 Å². The number of nitrogens with two attached hydrogens (primary N) is 1. The zero-order valence-corrected chi connectivity index (χ0v) is 12.8. The summed E-state index contributed by atoms with van der Waals surface area (Å²) in [7, 11) is 1.63.